The van der Waals surface area contributed by atoms with Crippen molar-refractivity contribution in [1.82, 2.24) is 9.88 Å². The predicted octanol–water partition coefficient (Wildman–Crippen LogP) is 6.00. The Kier molecular flexibility index (Phi) is 8.52. The number of benzene rings is 3. The molecule has 2 heterocycles. The van der Waals surface area contributed by atoms with E-state index >= 15 is 0 Å². The van der Waals surface area contributed by atoms with E-state index in [9.17, 15) is 14.7 Å². The summed E-state index contributed by atoms with van der Waals surface area (Å²) in [6, 6.07) is 22.8. The van der Waals surface area contributed by atoms with Crippen LogP contribution in [-0.4, -0.2) is 40.4 Å². The molecule has 4 aromatic rings. The molecule has 1 saturated heterocycles. The number of aliphatic hydroxyl groups excluding tert-OH is 1. The number of aryl methyl sites for hydroxylation is 1. The Morgan fingerprint density at radius 2 is 1.67 bits per heavy atom. The van der Waals surface area contributed by atoms with E-state index in [4.69, 9.17) is 14.2 Å². The molecule has 1 aliphatic rings. The summed E-state index contributed by atoms with van der Waals surface area (Å²) in [6.07, 6.45) is 3.26. The zero-order valence-corrected chi connectivity index (χ0v) is 23.7. The van der Waals surface area contributed by atoms with Gasteiger partial charge in [-0.1, -0.05) is 30.3 Å². The van der Waals surface area contributed by atoms with Crippen molar-refractivity contribution in [2.75, 3.05) is 13.7 Å². The van der Waals surface area contributed by atoms with Gasteiger partial charge in [0.1, 0.15) is 18.1 Å². The van der Waals surface area contributed by atoms with Gasteiger partial charge in [0.05, 0.1) is 25.3 Å². The van der Waals surface area contributed by atoms with E-state index in [1.165, 1.54) is 12.0 Å². The molecule has 42 heavy (non-hydrogen) atoms. The third-order valence-corrected chi connectivity index (χ3v) is 7.23. The smallest absolute Gasteiger partial charge is 0.295 e. The molecule has 0 spiro atoms. The molecule has 1 aliphatic heterocycles. The van der Waals surface area contributed by atoms with Crippen molar-refractivity contribution in [3.63, 3.8) is 0 Å². The van der Waals surface area contributed by atoms with E-state index in [1.807, 2.05) is 38.1 Å². The quantitative estimate of drug-likeness (QED) is 0.143. The van der Waals surface area contributed by atoms with E-state index in [-0.39, 0.29) is 17.9 Å². The number of hydrogen-bond acceptors (Lipinski definition) is 7. The van der Waals surface area contributed by atoms with Crippen LogP contribution >= 0.6 is 0 Å². The zero-order valence-electron chi connectivity index (χ0n) is 23.7. The van der Waals surface area contributed by atoms with Crippen LogP contribution in [-0.2, 0) is 22.7 Å². The van der Waals surface area contributed by atoms with E-state index < -0.39 is 17.7 Å². The third kappa shape index (κ3) is 5.83. The van der Waals surface area contributed by atoms with Gasteiger partial charge in [-0.05, 0) is 84.6 Å². The number of carbonyl (C=O) groups is 2. The van der Waals surface area contributed by atoms with Crippen LogP contribution in [0.25, 0.3) is 5.76 Å². The Morgan fingerprint density at radius 1 is 0.929 bits per heavy atom. The SMILES string of the molecule is CCOc1ccc(C2C(=C(O)c3ccc(OCc4ccccc4C)cc3)C(=O)C(=O)N2Cc2ccncc2)cc1OC. The lowest BCUT2D eigenvalue weighted by Gasteiger charge is -2.26. The number of nitrogens with zero attached hydrogens (tertiary/aromatic N) is 2. The van der Waals surface area contributed by atoms with Gasteiger partial charge in [-0.25, -0.2) is 0 Å². The largest absolute Gasteiger partial charge is 0.507 e. The Morgan fingerprint density at radius 3 is 2.36 bits per heavy atom. The molecule has 1 fully saturated rings. The Hall–Kier alpha value is -5.11. The Bertz CT molecular complexity index is 1620. The first-order chi connectivity index (χ1) is 20.4. The van der Waals surface area contributed by atoms with Crippen molar-refractivity contribution in [1.29, 1.82) is 0 Å². The molecule has 8 nitrogen and oxygen atoms in total. The average Bonchev–Trinajstić information content (AvgIpc) is 3.26. The number of ether oxygens (including phenoxy) is 3. The summed E-state index contributed by atoms with van der Waals surface area (Å²) in [7, 11) is 1.53. The minimum Gasteiger partial charge on any atom is -0.507 e. The molecule has 8 heteroatoms. The van der Waals surface area contributed by atoms with Crippen molar-refractivity contribution >= 4 is 17.4 Å². The summed E-state index contributed by atoms with van der Waals surface area (Å²) in [5.74, 6) is -0.131. The molecule has 0 aliphatic carbocycles. The van der Waals surface area contributed by atoms with Gasteiger partial charge in [0, 0.05) is 24.5 Å². The highest BCUT2D eigenvalue weighted by Crippen LogP contribution is 2.42. The third-order valence-electron chi connectivity index (χ3n) is 7.23. The molecule has 3 aromatic carbocycles. The fourth-order valence-corrected chi connectivity index (χ4v) is 5.00. The molecule has 1 unspecified atom stereocenters. The van der Waals surface area contributed by atoms with Gasteiger partial charge in [0.25, 0.3) is 11.7 Å². The second-order valence-electron chi connectivity index (χ2n) is 9.87. The predicted molar refractivity (Wildman–Crippen MR) is 158 cm³/mol. The lowest BCUT2D eigenvalue weighted by molar-refractivity contribution is -0.140. The van der Waals surface area contributed by atoms with Crippen LogP contribution in [0, 0.1) is 6.92 Å². The number of hydrogen-bond donors (Lipinski definition) is 1. The molecular weight excluding hydrogens is 532 g/mol. The van der Waals surface area contributed by atoms with Crippen molar-refractivity contribution in [2.24, 2.45) is 0 Å². The van der Waals surface area contributed by atoms with Crippen LogP contribution in [0.15, 0.2) is 96.8 Å². The van der Waals surface area contributed by atoms with Crippen molar-refractivity contribution in [2.45, 2.75) is 33.0 Å². The summed E-state index contributed by atoms with van der Waals surface area (Å²) in [6.45, 7) is 4.89. The van der Waals surface area contributed by atoms with Crippen molar-refractivity contribution in [3.05, 3.63) is 125 Å². The van der Waals surface area contributed by atoms with Gasteiger partial charge in [-0.2, -0.15) is 0 Å². The molecule has 1 N–H and O–H groups in total. The number of rotatable bonds is 10. The molecule has 0 bridgehead atoms. The summed E-state index contributed by atoms with van der Waals surface area (Å²) in [5, 5.41) is 11.5. The monoisotopic (exact) mass is 564 g/mol. The van der Waals surface area contributed by atoms with Gasteiger partial charge in [0.15, 0.2) is 11.5 Å². The average molecular weight is 565 g/mol. The number of aromatic nitrogens is 1. The highest BCUT2D eigenvalue weighted by Gasteiger charge is 2.46. The molecule has 1 aromatic heterocycles. The standard InChI is InChI=1S/C34H32N2O6/c1-4-41-28-14-11-25(19-29(28)40-3)31-30(33(38)34(39)36(31)20-23-15-17-35-18-16-23)32(37)24-9-12-27(13-10-24)42-21-26-8-6-5-7-22(26)2/h5-19,31,37H,4,20-21H2,1-3H3. The molecule has 1 amide bonds. The van der Waals surface area contributed by atoms with Crippen LogP contribution in [0.4, 0.5) is 0 Å². The maximum atomic E-state index is 13.5. The first-order valence-electron chi connectivity index (χ1n) is 13.7. The van der Waals surface area contributed by atoms with Gasteiger partial charge in [-0.3, -0.25) is 14.6 Å². The number of Topliss-reactive ketones (excluding diaryl/α,β-unsaturated/α-hetero) is 1. The minimum absolute atomic E-state index is 0.00570. The summed E-state index contributed by atoms with van der Waals surface area (Å²) < 4.78 is 17.2. The first-order valence-corrected chi connectivity index (χ1v) is 13.7. The topological polar surface area (TPSA) is 98.2 Å². The van der Waals surface area contributed by atoms with Gasteiger partial charge < -0.3 is 24.2 Å². The minimum atomic E-state index is -0.861. The number of pyridine rings is 1. The van der Waals surface area contributed by atoms with Crippen LogP contribution in [0.3, 0.4) is 0 Å². The second-order valence-corrected chi connectivity index (χ2v) is 9.87. The van der Waals surface area contributed by atoms with Crippen LogP contribution in [0.5, 0.6) is 17.2 Å². The maximum absolute atomic E-state index is 13.5. The molecular formula is C34H32N2O6. The number of likely N-dealkylation sites (tertiary alicyclic amines) is 1. The number of ketones is 1. The van der Waals surface area contributed by atoms with Crippen LogP contribution < -0.4 is 14.2 Å². The molecule has 214 valence electrons. The van der Waals surface area contributed by atoms with Crippen molar-refractivity contribution < 1.29 is 28.9 Å². The number of carbonyl (C=O) groups excluding carboxylic acids is 2. The molecule has 0 radical (unpaired) electrons. The maximum Gasteiger partial charge on any atom is 0.295 e. The Balaban J connectivity index is 1.52. The Labute approximate surface area is 244 Å². The van der Waals surface area contributed by atoms with E-state index in [1.54, 1.807) is 67.0 Å². The molecule has 0 saturated carbocycles. The molecule has 5 rings (SSSR count). The van der Waals surface area contributed by atoms with Gasteiger partial charge in [0.2, 0.25) is 0 Å². The summed E-state index contributed by atoms with van der Waals surface area (Å²) in [5.41, 5.74) is 3.99. The normalized spacial score (nSPS) is 16.0. The highest BCUT2D eigenvalue weighted by molar-refractivity contribution is 6.46. The van der Waals surface area contributed by atoms with E-state index in [2.05, 4.69) is 4.98 Å². The van der Waals surface area contributed by atoms with Crippen LogP contribution in [0.2, 0.25) is 0 Å². The first kappa shape index (κ1) is 28.4. The lowest BCUT2D eigenvalue weighted by atomic mass is 9.94. The second kappa shape index (κ2) is 12.6. The summed E-state index contributed by atoms with van der Waals surface area (Å²) in [4.78, 5) is 32.4. The van der Waals surface area contributed by atoms with Crippen molar-refractivity contribution in [3.8, 4) is 17.2 Å². The fourth-order valence-electron chi connectivity index (χ4n) is 5.00. The zero-order chi connectivity index (χ0) is 29.6. The number of methoxy groups -OCH3 is 1. The lowest BCUT2D eigenvalue weighted by Crippen LogP contribution is -2.29. The van der Waals surface area contributed by atoms with Crippen LogP contribution in [0.1, 0.15) is 40.8 Å². The summed E-state index contributed by atoms with van der Waals surface area (Å²) >= 11 is 0. The van der Waals surface area contributed by atoms with Gasteiger partial charge in [-0.15, -0.1) is 0 Å². The van der Waals surface area contributed by atoms with E-state index in [0.717, 1.165) is 16.7 Å². The fraction of sp³-hybridized carbons (Fsp3) is 0.206. The molecule has 1 atom stereocenters. The van der Waals surface area contributed by atoms with E-state index in [0.29, 0.717) is 41.6 Å². The van der Waals surface area contributed by atoms with Gasteiger partial charge >= 0.3 is 0 Å². The number of aliphatic hydroxyl groups is 1. The number of amides is 1. The highest BCUT2D eigenvalue weighted by atomic mass is 16.5.